The fraction of sp³-hybridized carbons (Fsp3) is 0.585. The predicted molar refractivity (Wildman–Crippen MR) is 206 cm³/mol. The van der Waals surface area contributed by atoms with E-state index in [2.05, 4.69) is 10.2 Å². The van der Waals surface area contributed by atoms with E-state index in [1.807, 2.05) is 60.0 Å². The number of likely N-dealkylation sites (tertiary alicyclic amines) is 2. The summed E-state index contributed by atoms with van der Waals surface area (Å²) in [5, 5.41) is 13.4. The van der Waals surface area contributed by atoms with Crippen LogP contribution in [-0.4, -0.2) is 143 Å². The van der Waals surface area contributed by atoms with Crippen LogP contribution in [0.25, 0.3) is 0 Å². The highest BCUT2D eigenvalue weighted by Crippen LogP contribution is 2.27. The number of aryl methyl sites for hydroxylation is 2. The second-order valence-corrected chi connectivity index (χ2v) is 15.2. The number of piperazine rings is 1. The molecule has 2 N–H and O–H groups in total. The second kappa shape index (κ2) is 18.2. The number of phenols is 1. The van der Waals surface area contributed by atoms with Crippen molar-refractivity contribution in [2.45, 2.75) is 90.3 Å². The number of nitrogens with one attached hydrogen (secondary N) is 1. The van der Waals surface area contributed by atoms with Gasteiger partial charge in [0, 0.05) is 89.5 Å². The number of hydrogen-bond donors (Lipinski definition) is 2. The molecule has 0 saturated carbocycles. The Kier molecular flexibility index (Phi) is 13.2. The van der Waals surface area contributed by atoms with Gasteiger partial charge in [-0.25, -0.2) is 9.59 Å². The number of anilines is 1. The van der Waals surface area contributed by atoms with Crippen molar-refractivity contribution in [1.29, 1.82) is 0 Å². The van der Waals surface area contributed by atoms with Gasteiger partial charge in [0.05, 0.1) is 13.0 Å². The number of aromatic hydroxyl groups is 1. The minimum Gasteiger partial charge on any atom is -0.507 e. The molecular weight excluding hydrogens is 704 g/mol. The van der Waals surface area contributed by atoms with E-state index >= 15 is 0 Å². The molecular formula is C41H56N6O8. The van der Waals surface area contributed by atoms with Crippen LogP contribution in [0.1, 0.15) is 67.7 Å². The third-order valence-electron chi connectivity index (χ3n) is 11.6. The second-order valence-electron chi connectivity index (χ2n) is 15.2. The summed E-state index contributed by atoms with van der Waals surface area (Å²) in [4.78, 5) is 74.9. The number of urea groups is 1. The quantitative estimate of drug-likeness (QED) is 0.342. The molecule has 0 radical (unpaired) electrons. The smallest absolute Gasteiger partial charge is 0.410 e. The number of phenolic OH excluding ortho intramolecular Hbond substituents is 1. The van der Waals surface area contributed by atoms with Gasteiger partial charge in [0.15, 0.2) is 6.10 Å². The summed E-state index contributed by atoms with van der Waals surface area (Å²) in [5.41, 5.74) is 4.12. The van der Waals surface area contributed by atoms with Gasteiger partial charge in [0.25, 0.3) is 5.91 Å². The van der Waals surface area contributed by atoms with Crippen LogP contribution in [0.3, 0.4) is 0 Å². The van der Waals surface area contributed by atoms with Crippen LogP contribution in [-0.2, 0) is 36.7 Å². The Hall–Kier alpha value is -4.85. The number of piperidine rings is 2. The van der Waals surface area contributed by atoms with E-state index < -0.39 is 12.2 Å². The van der Waals surface area contributed by atoms with Gasteiger partial charge in [-0.1, -0.05) is 30.3 Å². The van der Waals surface area contributed by atoms with Crippen LogP contribution in [0.2, 0.25) is 0 Å². The van der Waals surface area contributed by atoms with E-state index in [-0.39, 0.29) is 54.9 Å². The number of fused-ring (bicyclic) bond motifs is 1. The Labute approximate surface area is 323 Å². The number of carbonyl (C=O) groups excluding carboxylic acids is 5. The average molecular weight is 761 g/mol. The number of esters is 1. The Balaban J connectivity index is 1.03. The third kappa shape index (κ3) is 9.88. The molecule has 4 aliphatic heterocycles. The maximum atomic E-state index is 14.2. The monoisotopic (exact) mass is 760 g/mol. The van der Waals surface area contributed by atoms with E-state index in [0.717, 1.165) is 36.1 Å². The summed E-state index contributed by atoms with van der Waals surface area (Å²) in [6, 6.07) is 11.7. The van der Waals surface area contributed by atoms with E-state index in [9.17, 15) is 29.1 Å². The largest absolute Gasteiger partial charge is 0.507 e. The highest BCUT2D eigenvalue weighted by molar-refractivity contribution is 5.91. The zero-order chi connectivity index (χ0) is 39.1. The molecule has 14 heteroatoms. The van der Waals surface area contributed by atoms with Crippen LogP contribution < -0.4 is 5.32 Å². The molecule has 14 nitrogen and oxygen atoms in total. The molecule has 4 aliphatic rings. The number of carbonyl (C=O) groups is 5. The molecule has 5 amide bonds. The van der Waals surface area contributed by atoms with E-state index in [1.54, 1.807) is 16.7 Å². The molecule has 2 aromatic carbocycles. The standard InChI is InChI=1S/C41H56N6O8/c1-4-54-37(49)10-9-36(48)44-16-12-32(13-17-44)43-21-23-45(24-22-43)39(51)35(27-30-25-28(2)38(50)29(3)26-30)55-41(53)46-18-14-33(15-19-46)47-20-11-31-7-5-6-8-34(31)42-40(47)52/h5-8,25-26,32-33,35,50H,4,9-24,27H2,1-3H3,(H,42,52)/t35-/m1/s1. The fourth-order valence-electron chi connectivity index (χ4n) is 8.44. The average Bonchev–Trinajstić information content (AvgIpc) is 3.36. The molecule has 298 valence electrons. The van der Waals surface area contributed by atoms with E-state index in [1.165, 1.54) is 0 Å². The van der Waals surface area contributed by atoms with Gasteiger partial charge in [-0.3, -0.25) is 19.3 Å². The summed E-state index contributed by atoms with van der Waals surface area (Å²) in [5.74, 6) is -0.414. The zero-order valence-electron chi connectivity index (χ0n) is 32.5. The normalized spacial score (nSPS) is 19.3. The molecule has 2 aromatic rings. The minimum atomic E-state index is -1.04. The van der Waals surface area contributed by atoms with Crippen LogP contribution in [0.15, 0.2) is 36.4 Å². The molecule has 0 bridgehead atoms. The number of benzene rings is 2. The van der Waals surface area contributed by atoms with Gasteiger partial charge in [-0.15, -0.1) is 0 Å². The molecule has 1 atom stereocenters. The van der Waals surface area contributed by atoms with Crippen LogP contribution in [0.5, 0.6) is 5.75 Å². The van der Waals surface area contributed by atoms with Crippen molar-refractivity contribution < 1.29 is 38.6 Å². The minimum absolute atomic E-state index is 0.0147. The third-order valence-corrected chi connectivity index (χ3v) is 11.6. The molecule has 6 rings (SSSR count). The van der Waals surface area contributed by atoms with Gasteiger partial charge in [0.1, 0.15) is 5.75 Å². The lowest BCUT2D eigenvalue weighted by Crippen LogP contribution is -2.57. The lowest BCUT2D eigenvalue weighted by Gasteiger charge is -2.43. The van der Waals surface area contributed by atoms with Crippen LogP contribution in [0, 0.1) is 13.8 Å². The van der Waals surface area contributed by atoms with Crippen molar-refractivity contribution in [3.63, 3.8) is 0 Å². The Morgan fingerprint density at radius 3 is 2.13 bits per heavy atom. The first kappa shape index (κ1) is 39.8. The topological polar surface area (TPSA) is 152 Å². The molecule has 4 heterocycles. The zero-order valence-corrected chi connectivity index (χ0v) is 32.5. The van der Waals surface area contributed by atoms with Crippen LogP contribution in [0.4, 0.5) is 15.3 Å². The predicted octanol–water partition coefficient (Wildman–Crippen LogP) is 4.09. The number of ether oxygens (including phenoxy) is 2. The molecule has 0 aromatic heterocycles. The van der Waals surface area contributed by atoms with Crippen molar-refractivity contribution in [2.75, 3.05) is 70.8 Å². The Bertz CT molecular complexity index is 1690. The lowest BCUT2D eigenvalue weighted by atomic mass is 10.00. The number of nitrogens with zero attached hydrogens (tertiary/aromatic N) is 5. The van der Waals surface area contributed by atoms with Gasteiger partial charge in [0.2, 0.25) is 5.91 Å². The van der Waals surface area contributed by atoms with Crippen molar-refractivity contribution in [3.8, 4) is 5.75 Å². The Morgan fingerprint density at radius 2 is 1.45 bits per heavy atom. The van der Waals surface area contributed by atoms with Crippen LogP contribution >= 0.6 is 0 Å². The summed E-state index contributed by atoms with van der Waals surface area (Å²) >= 11 is 0. The van der Waals surface area contributed by atoms with E-state index in [0.29, 0.717) is 95.5 Å². The molecule has 0 aliphatic carbocycles. The first-order chi connectivity index (χ1) is 26.5. The SMILES string of the molecule is CCOC(=O)CCC(=O)N1CCC(N2CCN(C(=O)[C@@H](Cc3cc(C)c(O)c(C)c3)OC(=O)N3CCC(N4CCc5ccccc5NC4=O)CC3)CC2)CC1. The molecule has 55 heavy (non-hydrogen) atoms. The maximum Gasteiger partial charge on any atom is 0.410 e. The maximum absolute atomic E-state index is 14.2. The Morgan fingerprint density at radius 1 is 0.818 bits per heavy atom. The summed E-state index contributed by atoms with van der Waals surface area (Å²) in [6.07, 6.45) is 2.47. The summed E-state index contributed by atoms with van der Waals surface area (Å²) in [6.45, 7) is 10.7. The van der Waals surface area contributed by atoms with Crippen molar-refractivity contribution >= 4 is 35.6 Å². The first-order valence-corrected chi connectivity index (χ1v) is 19.9. The van der Waals surface area contributed by atoms with E-state index in [4.69, 9.17) is 9.47 Å². The first-order valence-electron chi connectivity index (χ1n) is 19.9. The van der Waals surface area contributed by atoms with Gasteiger partial charge in [-0.2, -0.15) is 0 Å². The van der Waals surface area contributed by atoms with Gasteiger partial charge < -0.3 is 39.5 Å². The van der Waals surface area contributed by atoms with Crippen molar-refractivity contribution in [2.24, 2.45) is 0 Å². The molecule has 3 fully saturated rings. The number of amides is 5. The summed E-state index contributed by atoms with van der Waals surface area (Å²) < 4.78 is 11.0. The molecule has 0 unspecified atom stereocenters. The molecule has 0 spiro atoms. The van der Waals surface area contributed by atoms with Crippen molar-refractivity contribution in [1.82, 2.24) is 24.5 Å². The number of hydrogen-bond acceptors (Lipinski definition) is 9. The lowest BCUT2D eigenvalue weighted by molar-refractivity contribution is -0.146. The highest BCUT2D eigenvalue weighted by atomic mass is 16.6. The number of rotatable bonds is 10. The number of para-hydroxylation sites is 1. The van der Waals surface area contributed by atoms with Gasteiger partial charge in [-0.05, 0) is 81.2 Å². The van der Waals surface area contributed by atoms with Crippen molar-refractivity contribution in [3.05, 3.63) is 58.7 Å². The molecule has 3 saturated heterocycles. The van der Waals surface area contributed by atoms with Gasteiger partial charge >= 0.3 is 18.1 Å². The highest BCUT2D eigenvalue weighted by Gasteiger charge is 2.37. The summed E-state index contributed by atoms with van der Waals surface area (Å²) in [7, 11) is 0. The fourth-order valence-corrected chi connectivity index (χ4v) is 8.44.